The fraction of sp³-hybridized carbons (Fsp3) is 1.00. The molecule has 1 atom stereocenters. The molecule has 0 amide bonds. The number of nitrogens with zero attached hydrogens (tertiary/aromatic N) is 1. The molecule has 1 saturated heterocycles. The van der Waals surface area contributed by atoms with Crippen LogP contribution in [0.5, 0.6) is 0 Å². The summed E-state index contributed by atoms with van der Waals surface area (Å²) in [4.78, 5) is 2.47. The summed E-state index contributed by atoms with van der Waals surface area (Å²) in [5.41, 5.74) is 0. The maximum absolute atomic E-state index is 5.82. The normalized spacial score (nSPS) is 19.4. The third-order valence-corrected chi connectivity index (χ3v) is 3.34. The summed E-state index contributed by atoms with van der Waals surface area (Å²) in [5, 5.41) is 0. The van der Waals surface area contributed by atoms with E-state index in [1.54, 1.807) is 0 Å². The summed E-state index contributed by atoms with van der Waals surface area (Å²) >= 11 is 0. The predicted molar refractivity (Wildman–Crippen MR) is 71.4 cm³/mol. The van der Waals surface area contributed by atoms with Crippen LogP contribution in [0.1, 0.15) is 46.0 Å². The quantitative estimate of drug-likeness (QED) is 0.581. The third kappa shape index (κ3) is 7.74. The topological polar surface area (TPSA) is 21.7 Å². The second-order valence-electron chi connectivity index (χ2n) is 4.98. The van der Waals surface area contributed by atoms with Crippen LogP contribution in [-0.4, -0.2) is 50.5 Å². The van der Waals surface area contributed by atoms with Gasteiger partial charge in [0.25, 0.3) is 0 Å². The number of morpholine rings is 1. The second-order valence-corrected chi connectivity index (χ2v) is 4.98. The Morgan fingerprint density at radius 1 is 1.18 bits per heavy atom. The van der Waals surface area contributed by atoms with E-state index in [9.17, 15) is 0 Å². The minimum absolute atomic E-state index is 0.436. The molecule has 0 aromatic heterocycles. The highest BCUT2D eigenvalue weighted by Gasteiger charge is 2.09. The van der Waals surface area contributed by atoms with Crippen molar-refractivity contribution < 1.29 is 9.47 Å². The molecule has 0 aromatic rings. The molecule has 0 aliphatic carbocycles. The summed E-state index contributed by atoms with van der Waals surface area (Å²) in [6.45, 7) is 10.5. The van der Waals surface area contributed by atoms with Gasteiger partial charge in [-0.1, -0.05) is 26.2 Å². The third-order valence-electron chi connectivity index (χ3n) is 3.34. The lowest BCUT2D eigenvalue weighted by molar-refractivity contribution is 0.0224. The number of hydrogen-bond acceptors (Lipinski definition) is 3. The van der Waals surface area contributed by atoms with Crippen molar-refractivity contribution in [2.45, 2.75) is 52.1 Å². The van der Waals surface area contributed by atoms with E-state index in [1.165, 1.54) is 25.7 Å². The number of unbranched alkanes of at least 4 members (excludes halogenated alkanes) is 2. The van der Waals surface area contributed by atoms with E-state index in [1.807, 2.05) is 0 Å². The van der Waals surface area contributed by atoms with Crippen molar-refractivity contribution >= 4 is 0 Å². The van der Waals surface area contributed by atoms with Gasteiger partial charge < -0.3 is 9.47 Å². The van der Waals surface area contributed by atoms with Crippen molar-refractivity contribution in [1.29, 1.82) is 0 Å². The summed E-state index contributed by atoms with van der Waals surface area (Å²) in [5.74, 6) is 0. The van der Waals surface area contributed by atoms with E-state index in [0.29, 0.717) is 6.10 Å². The molecule has 1 aliphatic heterocycles. The van der Waals surface area contributed by atoms with E-state index in [2.05, 4.69) is 18.7 Å². The van der Waals surface area contributed by atoms with Crippen molar-refractivity contribution in [3.05, 3.63) is 0 Å². The molecular formula is C14H29NO2. The Balaban J connectivity index is 1.88. The molecular weight excluding hydrogens is 214 g/mol. The molecule has 17 heavy (non-hydrogen) atoms. The van der Waals surface area contributed by atoms with Gasteiger partial charge in [-0.3, -0.25) is 4.90 Å². The summed E-state index contributed by atoms with van der Waals surface area (Å²) in [6, 6.07) is 0. The van der Waals surface area contributed by atoms with Gasteiger partial charge in [0.2, 0.25) is 0 Å². The molecule has 1 heterocycles. The molecule has 102 valence electrons. The molecule has 0 saturated carbocycles. The van der Waals surface area contributed by atoms with Crippen molar-refractivity contribution in [2.75, 3.05) is 39.5 Å². The molecule has 3 heteroatoms. The first kappa shape index (κ1) is 14.9. The van der Waals surface area contributed by atoms with Crippen LogP contribution < -0.4 is 0 Å². The van der Waals surface area contributed by atoms with Gasteiger partial charge in [0.05, 0.1) is 19.3 Å². The maximum Gasteiger partial charge on any atom is 0.0594 e. The molecule has 0 aromatic carbocycles. The Hall–Kier alpha value is -0.120. The van der Waals surface area contributed by atoms with Crippen LogP contribution in [0.15, 0.2) is 0 Å². The van der Waals surface area contributed by atoms with Gasteiger partial charge in [-0.25, -0.2) is 0 Å². The van der Waals surface area contributed by atoms with E-state index < -0.39 is 0 Å². The van der Waals surface area contributed by atoms with Crippen molar-refractivity contribution in [1.82, 2.24) is 4.90 Å². The van der Waals surface area contributed by atoms with Crippen LogP contribution in [0.3, 0.4) is 0 Å². The van der Waals surface area contributed by atoms with Crippen molar-refractivity contribution in [3.63, 3.8) is 0 Å². The number of ether oxygens (including phenoxy) is 2. The van der Waals surface area contributed by atoms with Crippen LogP contribution in [0, 0.1) is 0 Å². The average molecular weight is 243 g/mol. The SMILES string of the molecule is CCCCCC(C)OCCCN1CCOCC1. The fourth-order valence-electron chi connectivity index (χ4n) is 2.16. The van der Waals surface area contributed by atoms with Gasteiger partial charge >= 0.3 is 0 Å². The molecule has 0 bridgehead atoms. The Kier molecular flexibility index (Phi) is 8.67. The van der Waals surface area contributed by atoms with Gasteiger partial charge in [-0.2, -0.15) is 0 Å². The van der Waals surface area contributed by atoms with Crippen molar-refractivity contribution in [3.8, 4) is 0 Å². The van der Waals surface area contributed by atoms with Gasteiger partial charge in [0.1, 0.15) is 0 Å². The average Bonchev–Trinajstić information content (AvgIpc) is 2.36. The van der Waals surface area contributed by atoms with Gasteiger partial charge in [0, 0.05) is 26.2 Å². The lowest BCUT2D eigenvalue weighted by Gasteiger charge is -2.26. The first-order valence-electron chi connectivity index (χ1n) is 7.24. The number of hydrogen-bond donors (Lipinski definition) is 0. The Labute approximate surface area is 106 Å². The number of rotatable bonds is 9. The molecule has 1 fully saturated rings. The Morgan fingerprint density at radius 3 is 2.65 bits per heavy atom. The first-order chi connectivity index (χ1) is 8.33. The second kappa shape index (κ2) is 9.86. The molecule has 1 unspecified atom stereocenters. The summed E-state index contributed by atoms with van der Waals surface area (Å²) in [7, 11) is 0. The Bertz CT molecular complexity index is 170. The molecule has 0 N–H and O–H groups in total. The Morgan fingerprint density at radius 2 is 1.94 bits per heavy atom. The largest absolute Gasteiger partial charge is 0.379 e. The lowest BCUT2D eigenvalue weighted by Crippen LogP contribution is -2.37. The van der Waals surface area contributed by atoms with Crippen LogP contribution >= 0.6 is 0 Å². The molecule has 1 aliphatic rings. The zero-order chi connectivity index (χ0) is 12.3. The smallest absolute Gasteiger partial charge is 0.0594 e. The van der Waals surface area contributed by atoms with Gasteiger partial charge in [-0.15, -0.1) is 0 Å². The fourth-order valence-corrected chi connectivity index (χ4v) is 2.16. The minimum Gasteiger partial charge on any atom is -0.379 e. The van der Waals surface area contributed by atoms with Gasteiger partial charge in [0.15, 0.2) is 0 Å². The first-order valence-corrected chi connectivity index (χ1v) is 7.24. The van der Waals surface area contributed by atoms with Crippen LogP contribution in [0.25, 0.3) is 0 Å². The molecule has 1 rings (SSSR count). The van der Waals surface area contributed by atoms with E-state index in [4.69, 9.17) is 9.47 Å². The zero-order valence-corrected chi connectivity index (χ0v) is 11.6. The van der Waals surface area contributed by atoms with E-state index in [0.717, 1.165) is 45.9 Å². The standard InChI is InChI=1S/C14H29NO2/c1-3-4-5-7-14(2)17-11-6-8-15-9-12-16-13-10-15/h14H,3-13H2,1-2H3. The summed E-state index contributed by atoms with van der Waals surface area (Å²) in [6.07, 6.45) is 6.74. The van der Waals surface area contributed by atoms with Crippen LogP contribution in [0.4, 0.5) is 0 Å². The van der Waals surface area contributed by atoms with E-state index >= 15 is 0 Å². The summed E-state index contributed by atoms with van der Waals surface area (Å²) < 4.78 is 11.1. The molecule has 0 radical (unpaired) electrons. The van der Waals surface area contributed by atoms with Gasteiger partial charge in [-0.05, 0) is 19.8 Å². The molecule has 0 spiro atoms. The minimum atomic E-state index is 0.436. The van der Waals surface area contributed by atoms with E-state index in [-0.39, 0.29) is 0 Å². The molecule has 3 nitrogen and oxygen atoms in total. The highest BCUT2D eigenvalue weighted by Crippen LogP contribution is 2.07. The zero-order valence-electron chi connectivity index (χ0n) is 11.6. The van der Waals surface area contributed by atoms with Crippen LogP contribution in [0.2, 0.25) is 0 Å². The monoisotopic (exact) mass is 243 g/mol. The van der Waals surface area contributed by atoms with Crippen molar-refractivity contribution in [2.24, 2.45) is 0 Å². The predicted octanol–water partition coefficient (Wildman–Crippen LogP) is 2.69. The highest BCUT2D eigenvalue weighted by molar-refractivity contribution is 4.61. The highest BCUT2D eigenvalue weighted by atomic mass is 16.5. The van der Waals surface area contributed by atoms with Crippen LogP contribution in [-0.2, 0) is 9.47 Å². The maximum atomic E-state index is 5.82. The lowest BCUT2D eigenvalue weighted by atomic mass is 10.1.